The molecule has 0 unspecified atom stereocenters. The van der Waals surface area contributed by atoms with Gasteiger partial charge in [0, 0.05) is 29.7 Å². The number of rotatable bonds is 7. The molecule has 0 spiro atoms. The van der Waals surface area contributed by atoms with Crippen LogP contribution >= 0.6 is 11.8 Å². The summed E-state index contributed by atoms with van der Waals surface area (Å²) < 4.78 is 15.0. The van der Waals surface area contributed by atoms with Crippen LogP contribution in [0.15, 0.2) is 65.7 Å². The van der Waals surface area contributed by atoms with Crippen molar-refractivity contribution < 1.29 is 9.18 Å². The van der Waals surface area contributed by atoms with Gasteiger partial charge in [-0.3, -0.25) is 4.79 Å². The molecule has 24 heavy (non-hydrogen) atoms. The highest BCUT2D eigenvalue weighted by molar-refractivity contribution is 8.00. The summed E-state index contributed by atoms with van der Waals surface area (Å²) in [4.78, 5) is 12.7. The van der Waals surface area contributed by atoms with Gasteiger partial charge in [0.2, 0.25) is 5.91 Å². The molecule has 3 aromatic rings. The second-order valence-corrected chi connectivity index (χ2v) is 6.56. The number of nitrogens with zero attached hydrogens (tertiary/aromatic N) is 1. The summed E-state index contributed by atoms with van der Waals surface area (Å²) in [5.41, 5.74) is 1.22. The average molecular weight is 342 g/mol. The Balaban J connectivity index is 1.38. The first kappa shape index (κ1) is 16.6. The number of benzene rings is 2. The van der Waals surface area contributed by atoms with Crippen molar-refractivity contribution in [1.82, 2.24) is 9.88 Å². The number of amides is 1. The lowest BCUT2D eigenvalue weighted by molar-refractivity contribution is -0.118. The first-order chi connectivity index (χ1) is 11.7. The van der Waals surface area contributed by atoms with Gasteiger partial charge in [-0.25, -0.2) is 4.39 Å². The minimum atomic E-state index is -0.263. The molecule has 3 nitrogen and oxygen atoms in total. The fourth-order valence-corrected chi connectivity index (χ4v) is 3.27. The molecule has 5 heteroatoms. The Bertz CT molecular complexity index is 814. The van der Waals surface area contributed by atoms with Gasteiger partial charge < -0.3 is 9.88 Å². The lowest BCUT2D eigenvalue weighted by Gasteiger charge is -2.07. The van der Waals surface area contributed by atoms with E-state index in [1.54, 1.807) is 12.1 Å². The lowest BCUT2D eigenvalue weighted by Crippen LogP contribution is -2.26. The SMILES string of the molecule is O=C(CSc1ccc(F)cc1)NCCCn1ccc2ccccc21. The summed E-state index contributed by atoms with van der Waals surface area (Å²) in [6.07, 6.45) is 2.96. The molecular formula is C19H19FN2OS. The molecule has 0 saturated heterocycles. The highest BCUT2D eigenvalue weighted by Crippen LogP contribution is 2.17. The largest absolute Gasteiger partial charge is 0.355 e. The maximum absolute atomic E-state index is 12.8. The number of para-hydroxylation sites is 1. The molecule has 1 N–H and O–H groups in total. The number of fused-ring (bicyclic) bond motifs is 1. The van der Waals surface area contributed by atoms with Crippen molar-refractivity contribution in [2.45, 2.75) is 17.9 Å². The summed E-state index contributed by atoms with van der Waals surface area (Å²) in [6, 6.07) is 16.6. The number of carbonyl (C=O) groups is 1. The molecule has 0 fully saturated rings. The van der Waals surface area contributed by atoms with Crippen LogP contribution in [0.1, 0.15) is 6.42 Å². The van der Waals surface area contributed by atoms with Gasteiger partial charge in [-0.15, -0.1) is 11.8 Å². The van der Waals surface area contributed by atoms with E-state index in [0.29, 0.717) is 12.3 Å². The number of aryl methyl sites for hydroxylation is 1. The maximum atomic E-state index is 12.8. The Labute approximate surface area is 144 Å². The van der Waals surface area contributed by atoms with Gasteiger partial charge >= 0.3 is 0 Å². The third-order valence-electron chi connectivity index (χ3n) is 3.76. The normalized spacial score (nSPS) is 10.9. The zero-order valence-corrected chi connectivity index (χ0v) is 14.1. The van der Waals surface area contributed by atoms with Crippen LogP contribution in [0.4, 0.5) is 4.39 Å². The van der Waals surface area contributed by atoms with Crippen molar-refractivity contribution in [3.63, 3.8) is 0 Å². The third-order valence-corrected chi connectivity index (χ3v) is 4.77. The zero-order valence-electron chi connectivity index (χ0n) is 13.2. The van der Waals surface area contributed by atoms with E-state index in [2.05, 4.69) is 34.3 Å². The average Bonchev–Trinajstić information content (AvgIpc) is 3.01. The molecule has 1 aromatic heterocycles. The van der Waals surface area contributed by atoms with E-state index in [0.717, 1.165) is 17.9 Å². The first-order valence-corrected chi connectivity index (χ1v) is 8.90. The summed E-state index contributed by atoms with van der Waals surface area (Å²) >= 11 is 1.41. The van der Waals surface area contributed by atoms with E-state index in [1.807, 2.05) is 12.1 Å². The molecule has 0 aliphatic rings. The summed E-state index contributed by atoms with van der Waals surface area (Å²) in [6.45, 7) is 1.52. The zero-order chi connectivity index (χ0) is 16.8. The predicted molar refractivity (Wildman–Crippen MR) is 96.7 cm³/mol. The van der Waals surface area contributed by atoms with E-state index >= 15 is 0 Å². The van der Waals surface area contributed by atoms with Crippen LogP contribution in [-0.4, -0.2) is 22.8 Å². The molecule has 1 amide bonds. The van der Waals surface area contributed by atoms with Gasteiger partial charge in [0.15, 0.2) is 0 Å². The van der Waals surface area contributed by atoms with Gasteiger partial charge in [0.1, 0.15) is 5.82 Å². The molecule has 1 heterocycles. The Hall–Kier alpha value is -2.27. The molecule has 124 valence electrons. The number of nitrogens with one attached hydrogen (secondary N) is 1. The summed E-state index contributed by atoms with van der Waals surface area (Å²) in [5.74, 6) is 0.0842. The van der Waals surface area contributed by atoms with Gasteiger partial charge in [-0.05, 0) is 48.2 Å². The standard InChI is InChI=1S/C19H19FN2OS/c20-16-6-8-17(9-7-16)24-14-19(23)21-11-3-12-22-13-10-15-4-1-2-5-18(15)22/h1-2,4-10,13H,3,11-12,14H2,(H,21,23). The number of hydrogen-bond acceptors (Lipinski definition) is 2. The highest BCUT2D eigenvalue weighted by Gasteiger charge is 2.03. The van der Waals surface area contributed by atoms with E-state index in [-0.39, 0.29) is 11.7 Å². The molecule has 0 bridgehead atoms. The second kappa shape index (κ2) is 8.02. The van der Waals surface area contributed by atoms with Gasteiger partial charge in [0.05, 0.1) is 5.75 Å². The van der Waals surface area contributed by atoms with Crippen molar-refractivity contribution in [3.05, 3.63) is 66.6 Å². The first-order valence-electron chi connectivity index (χ1n) is 7.91. The van der Waals surface area contributed by atoms with Crippen molar-refractivity contribution in [3.8, 4) is 0 Å². The minimum absolute atomic E-state index is 0.00156. The third kappa shape index (κ3) is 4.38. The van der Waals surface area contributed by atoms with Crippen LogP contribution in [0.3, 0.4) is 0 Å². The number of carbonyl (C=O) groups excluding carboxylic acids is 1. The van der Waals surface area contributed by atoms with Crippen LogP contribution in [0.2, 0.25) is 0 Å². The Kier molecular flexibility index (Phi) is 5.54. The number of aromatic nitrogens is 1. The van der Waals surface area contributed by atoms with Crippen LogP contribution in [0.25, 0.3) is 10.9 Å². The topological polar surface area (TPSA) is 34.0 Å². The van der Waals surface area contributed by atoms with E-state index < -0.39 is 0 Å². The van der Waals surface area contributed by atoms with E-state index in [9.17, 15) is 9.18 Å². The molecule has 3 rings (SSSR count). The lowest BCUT2D eigenvalue weighted by atomic mass is 10.2. The van der Waals surface area contributed by atoms with Crippen LogP contribution in [0.5, 0.6) is 0 Å². The fourth-order valence-electron chi connectivity index (χ4n) is 2.54. The van der Waals surface area contributed by atoms with Gasteiger partial charge in [0.25, 0.3) is 0 Å². The smallest absolute Gasteiger partial charge is 0.230 e. The van der Waals surface area contributed by atoms with Crippen LogP contribution < -0.4 is 5.32 Å². The molecule has 0 atom stereocenters. The van der Waals surface area contributed by atoms with Crippen molar-refractivity contribution in [1.29, 1.82) is 0 Å². The minimum Gasteiger partial charge on any atom is -0.355 e. The number of halogens is 1. The summed E-state index contributed by atoms with van der Waals surface area (Å²) in [5, 5.41) is 4.16. The van der Waals surface area contributed by atoms with Crippen molar-refractivity contribution in [2.75, 3.05) is 12.3 Å². The predicted octanol–water partition coefficient (Wildman–Crippen LogP) is 4.08. The number of hydrogen-bond donors (Lipinski definition) is 1. The summed E-state index contributed by atoms with van der Waals surface area (Å²) in [7, 11) is 0. The molecule has 0 aliphatic carbocycles. The second-order valence-electron chi connectivity index (χ2n) is 5.51. The molecule has 2 aromatic carbocycles. The van der Waals surface area contributed by atoms with Crippen molar-refractivity contribution >= 4 is 28.6 Å². The Morgan fingerprint density at radius 3 is 2.71 bits per heavy atom. The Morgan fingerprint density at radius 2 is 1.88 bits per heavy atom. The quantitative estimate of drug-likeness (QED) is 0.518. The highest BCUT2D eigenvalue weighted by atomic mass is 32.2. The monoisotopic (exact) mass is 342 g/mol. The van der Waals surface area contributed by atoms with Crippen LogP contribution in [-0.2, 0) is 11.3 Å². The van der Waals surface area contributed by atoms with Crippen LogP contribution in [0, 0.1) is 5.82 Å². The van der Waals surface area contributed by atoms with E-state index in [1.165, 1.54) is 34.8 Å². The molecule has 0 aliphatic heterocycles. The van der Waals surface area contributed by atoms with Gasteiger partial charge in [-0.2, -0.15) is 0 Å². The fraction of sp³-hybridized carbons (Fsp3) is 0.211. The van der Waals surface area contributed by atoms with E-state index in [4.69, 9.17) is 0 Å². The maximum Gasteiger partial charge on any atom is 0.230 e. The van der Waals surface area contributed by atoms with Gasteiger partial charge in [-0.1, -0.05) is 18.2 Å². The van der Waals surface area contributed by atoms with Crippen molar-refractivity contribution in [2.24, 2.45) is 0 Å². The molecular weight excluding hydrogens is 323 g/mol. The Morgan fingerprint density at radius 1 is 1.08 bits per heavy atom. The molecule has 0 radical (unpaired) electrons. The molecule has 0 saturated carbocycles. The number of thioether (sulfide) groups is 1.